The predicted molar refractivity (Wildman–Crippen MR) is 107 cm³/mol. The van der Waals surface area contributed by atoms with Gasteiger partial charge < -0.3 is 20.3 Å². The van der Waals surface area contributed by atoms with Crippen LogP contribution in [-0.2, 0) is 20.6 Å². The molecule has 0 radical (unpaired) electrons. The fraction of sp³-hybridized carbons (Fsp3) is 0.286. The van der Waals surface area contributed by atoms with Gasteiger partial charge in [0, 0.05) is 37.5 Å². The summed E-state index contributed by atoms with van der Waals surface area (Å²) in [5, 5.41) is 5.10. The summed E-state index contributed by atoms with van der Waals surface area (Å²) in [4.78, 5) is 37.4. The molecule has 2 N–H and O–H groups in total. The highest BCUT2D eigenvalue weighted by Crippen LogP contribution is 2.33. The van der Waals surface area contributed by atoms with Gasteiger partial charge in [-0.1, -0.05) is 12.1 Å². The third-order valence-electron chi connectivity index (χ3n) is 4.73. The van der Waals surface area contributed by atoms with Gasteiger partial charge in [-0.05, 0) is 30.3 Å². The Morgan fingerprint density at radius 3 is 2.61 bits per heavy atom. The largest absolute Gasteiger partial charge is 0.484 e. The molecule has 1 heterocycles. The number of nitrogens with zero attached hydrogens (tertiary/aromatic N) is 1. The Morgan fingerprint density at radius 2 is 1.90 bits per heavy atom. The van der Waals surface area contributed by atoms with E-state index in [0.29, 0.717) is 11.4 Å². The third-order valence-corrected chi connectivity index (χ3v) is 4.73. The Balaban J connectivity index is 1.65. The summed E-state index contributed by atoms with van der Waals surface area (Å²) >= 11 is 0. The third kappa shape index (κ3) is 5.53. The van der Waals surface area contributed by atoms with Gasteiger partial charge in [0.1, 0.15) is 5.75 Å². The summed E-state index contributed by atoms with van der Waals surface area (Å²) in [5.74, 6) is -1.53. The van der Waals surface area contributed by atoms with Crippen molar-refractivity contribution in [2.75, 3.05) is 30.4 Å². The number of ether oxygens (including phenoxy) is 1. The monoisotopic (exact) mass is 435 g/mol. The van der Waals surface area contributed by atoms with Gasteiger partial charge in [-0.25, -0.2) is 0 Å². The maximum Gasteiger partial charge on any atom is 0.416 e. The van der Waals surface area contributed by atoms with E-state index in [0.717, 1.165) is 12.1 Å². The molecule has 0 aromatic heterocycles. The van der Waals surface area contributed by atoms with Crippen LogP contribution in [0.25, 0.3) is 0 Å². The van der Waals surface area contributed by atoms with Crippen molar-refractivity contribution in [2.24, 2.45) is 5.92 Å². The predicted octanol–water partition coefficient (Wildman–Crippen LogP) is 2.82. The molecule has 1 saturated heterocycles. The molecule has 0 saturated carbocycles. The van der Waals surface area contributed by atoms with Crippen molar-refractivity contribution in [1.82, 2.24) is 5.32 Å². The number of nitrogens with one attached hydrogen (secondary N) is 2. The highest BCUT2D eigenvalue weighted by Gasteiger charge is 2.37. The summed E-state index contributed by atoms with van der Waals surface area (Å²) in [6.07, 6.45) is -4.64. The summed E-state index contributed by atoms with van der Waals surface area (Å²) in [5.41, 5.74) is -0.358. The molecule has 7 nitrogen and oxygen atoms in total. The standard InChI is InChI=1S/C21H20F3N3O4/c1-25-18(28)12-31-17-7-3-5-15(10-17)26-20(30)13-8-19(29)27(11-13)16-6-2-4-14(9-16)21(22,23)24/h2-7,9-10,13H,8,11-12H2,1H3,(H,25,28)(H,26,30). The number of alkyl halides is 3. The number of hydrogen-bond acceptors (Lipinski definition) is 4. The van der Waals surface area contributed by atoms with Gasteiger partial charge in [0.2, 0.25) is 11.8 Å². The smallest absolute Gasteiger partial charge is 0.416 e. The number of carbonyl (C=O) groups is 3. The second-order valence-electron chi connectivity index (χ2n) is 6.93. The van der Waals surface area contributed by atoms with Crippen LogP contribution in [0.5, 0.6) is 5.75 Å². The van der Waals surface area contributed by atoms with Gasteiger partial charge in [-0.2, -0.15) is 13.2 Å². The van der Waals surface area contributed by atoms with Crippen LogP contribution in [0, 0.1) is 5.92 Å². The van der Waals surface area contributed by atoms with Crippen LogP contribution in [0.15, 0.2) is 48.5 Å². The molecule has 0 spiro atoms. The number of hydrogen-bond donors (Lipinski definition) is 2. The van der Waals surface area contributed by atoms with E-state index >= 15 is 0 Å². The lowest BCUT2D eigenvalue weighted by molar-refractivity contribution is -0.137. The lowest BCUT2D eigenvalue weighted by atomic mass is 10.1. The summed E-state index contributed by atoms with van der Waals surface area (Å²) < 4.78 is 44.2. The molecule has 164 valence electrons. The molecule has 1 fully saturated rings. The molecule has 1 atom stereocenters. The van der Waals surface area contributed by atoms with Crippen LogP contribution in [0.1, 0.15) is 12.0 Å². The summed E-state index contributed by atoms with van der Waals surface area (Å²) in [6, 6.07) is 10.8. The topological polar surface area (TPSA) is 87.7 Å². The van der Waals surface area contributed by atoms with E-state index in [1.165, 1.54) is 30.1 Å². The van der Waals surface area contributed by atoms with Crippen LogP contribution >= 0.6 is 0 Å². The Kier molecular flexibility index (Phi) is 6.47. The second-order valence-corrected chi connectivity index (χ2v) is 6.93. The number of halogens is 3. The van der Waals surface area contributed by atoms with E-state index in [9.17, 15) is 27.6 Å². The van der Waals surface area contributed by atoms with E-state index in [1.807, 2.05) is 0 Å². The first kappa shape index (κ1) is 22.1. The van der Waals surface area contributed by atoms with E-state index in [-0.39, 0.29) is 31.2 Å². The van der Waals surface area contributed by atoms with Crippen LogP contribution in [0.2, 0.25) is 0 Å². The maximum atomic E-state index is 13.0. The number of benzene rings is 2. The van der Waals surface area contributed by atoms with Crippen LogP contribution in [-0.4, -0.2) is 37.9 Å². The first-order chi connectivity index (χ1) is 14.7. The zero-order valence-corrected chi connectivity index (χ0v) is 16.5. The van der Waals surface area contributed by atoms with Crippen LogP contribution in [0.4, 0.5) is 24.5 Å². The minimum absolute atomic E-state index is 0.0289. The van der Waals surface area contributed by atoms with E-state index in [1.54, 1.807) is 18.2 Å². The van der Waals surface area contributed by atoms with Gasteiger partial charge in [-0.15, -0.1) is 0 Å². The SMILES string of the molecule is CNC(=O)COc1cccc(NC(=O)C2CC(=O)N(c3cccc(C(F)(F)F)c3)C2)c1. The lowest BCUT2D eigenvalue weighted by Gasteiger charge is -2.18. The van der Waals surface area contributed by atoms with Crippen molar-refractivity contribution in [1.29, 1.82) is 0 Å². The first-order valence-corrected chi connectivity index (χ1v) is 9.39. The molecule has 0 bridgehead atoms. The Labute approximate surface area is 176 Å². The summed E-state index contributed by atoms with van der Waals surface area (Å²) in [6.45, 7) is -0.212. The van der Waals surface area contributed by atoms with E-state index in [2.05, 4.69) is 10.6 Å². The minimum Gasteiger partial charge on any atom is -0.484 e. The van der Waals surface area contributed by atoms with Crippen molar-refractivity contribution in [3.63, 3.8) is 0 Å². The summed E-state index contributed by atoms with van der Waals surface area (Å²) in [7, 11) is 1.48. The molecular weight excluding hydrogens is 415 g/mol. The van der Waals surface area contributed by atoms with Gasteiger partial charge in [0.25, 0.3) is 5.91 Å². The van der Waals surface area contributed by atoms with Crippen molar-refractivity contribution in [3.05, 3.63) is 54.1 Å². The fourth-order valence-corrected chi connectivity index (χ4v) is 3.11. The van der Waals surface area contributed by atoms with E-state index < -0.39 is 29.5 Å². The number of amides is 3. The zero-order valence-electron chi connectivity index (χ0n) is 16.5. The molecule has 1 aliphatic rings. The average molecular weight is 435 g/mol. The van der Waals surface area contributed by atoms with Crippen LogP contribution < -0.4 is 20.3 Å². The molecule has 31 heavy (non-hydrogen) atoms. The number of likely N-dealkylation sites (N-methyl/N-ethyl adjacent to an activating group) is 1. The number of carbonyl (C=O) groups excluding carboxylic acids is 3. The molecule has 2 aromatic carbocycles. The highest BCUT2D eigenvalue weighted by molar-refractivity contribution is 6.03. The zero-order chi connectivity index (χ0) is 22.6. The van der Waals surface area contributed by atoms with Gasteiger partial charge in [-0.3, -0.25) is 14.4 Å². The lowest BCUT2D eigenvalue weighted by Crippen LogP contribution is -2.28. The molecule has 1 unspecified atom stereocenters. The molecule has 2 aromatic rings. The molecular formula is C21H20F3N3O4. The fourth-order valence-electron chi connectivity index (χ4n) is 3.11. The Morgan fingerprint density at radius 1 is 1.16 bits per heavy atom. The van der Waals surface area contributed by atoms with E-state index in [4.69, 9.17) is 4.74 Å². The molecule has 10 heteroatoms. The Bertz CT molecular complexity index is 994. The number of rotatable bonds is 6. The van der Waals surface area contributed by atoms with Gasteiger partial charge in [0.15, 0.2) is 6.61 Å². The van der Waals surface area contributed by atoms with Gasteiger partial charge >= 0.3 is 6.18 Å². The molecule has 3 amide bonds. The highest BCUT2D eigenvalue weighted by atomic mass is 19.4. The Hall–Kier alpha value is -3.56. The van der Waals surface area contributed by atoms with Crippen molar-refractivity contribution in [3.8, 4) is 5.75 Å². The maximum absolute atomic E-state index is 13.0. The molecule has 1 aliphatic heterocycles. The first-order valence-electron chi connectivity index (χ1n) is 9.39. The average Bonchev–Trinajstić information content (AvgIpc) is 3.13. The molecule has 0 aliphatic carbocycles. The number of anilines is 2. The van der Waals surface area contributed by atoms with Crippen LogP contribution in [0.3, 0.4) is 0 Å². The normalized spacial score (nSPS) is 16.2. The van der Waals surface area contributed by atoms with Crippen molar-refractivity contribution >= 4 is 29.1 Å². The van der Waals surface area contributed by atoms with Crippen molar-refractivity contribution in [2.45, 2.75) is 12.6 Å². The second kappa shape index (κ2) is 9.07. The van der Waals surface area contributed by atoms with Gasteiger partial charge in [0.05, 0.1) is 11.5 Å². The quantitative estimate of drug-likeness (QED) is 0.731. The molecule has 3 rings (SSSR count). The minimum atomic E-state index is -4.53. The van der Waals surface area contributed by atoms with Crippen molar-refractivity contribution < 1.29 is 32.3 Å².